The van der Waals surface area contributed by atoms with E-state index in [1.807, 2.05) is 30.3 Å². The third-order valence-electron chi connectivity index (χ3n) is 2.84. The van der Waals surface area contributed by atoms with Crippen LogP contribution in [0.15, 0.2) is 48.7 Å². The van der Waals surface area contributed by atoms with Gasteiger partial charge in [-0.25, -0.2) is 4.98 Å². The Balaban J connectivity index is 1.99. The number of rotatable bonds is 5. The maximum atomic E-state index is 12.0. The van der Waals surface area contributed by atoms with Crippen LogP contribution < -0.4 is 5.32 Å². The number of hydrogen-bond acceptors (Lipinski definition) is 3. The van der Waals surface area contributed by atoms with Gasteiger partial charge in [-0.05, 0) is 24.1 Å². The first-order valence-corrected chi connectivity index (χ1v) is 6.64. The summed E-state index contributed by atoms with van der Waals surface area (Å²) in [6.07, 6.45) is 1.98. The highest BCUT2D eigenvalue weighted by atomic mass is 35.5. The van der Waals surface area contributed by atoms with Crippen molar-refractivity contribution in [2.24, 2.45) is 0 Å². The van der Waals surface area contributed by atoms with Gasteiger partial charge in [-0.2, -0.15) is 0 Å². The van der Waals surface area contributed by atoms with Gasteiger partial charge in [0.05, 0.1) is 17.7 Å². The van der Waals surface area contributed by atoms with E-state index in [1.165, 1.54) is 6.20 Å². The van der Waals surface area contributed by atoms with Gasteiger partial charge in [0.1, 0.15) is 5.69 Å². The molecule has 4 nitrogen and oxygen atoms in total. The van der Waals surface area contributed by atoms with Crippen molar-refractivity contribution < 1.29 is 9.90 Å². The summed E-state index contributed by atoms with van der Waals surface area (Å²) in [5, 5.41) is 12.6. The van der Waals surface area contributed by atoms with Gasteiger partial charge in [0.15, 0.2) is 0 Å². The van der Waals surface area contributed by atoms with Crippen LogP contribution in [0.1, 0.15) is 16.1 Å². The first-order chi connectivity index (χ1) is 9.69. The fraction of sp³-hybridized carbons (Fsp3) is 0.200. The Hall–Kier alpha value is -1.91. The predicted molar refractivity (Wildman–Crippen MR) is 77.7 cm³/mol. The summed E-state index contributed by atoms with van der Waals surface area (Å²) in [5.41, 5.74) is 1.33. The molecule has 0 aliphatic carbocycles. The second-order valence-electron chi connectivity index (χ2n) is 4.40. The van der Waals surface area contributed by atoms with Crippen molar-refractivity contribution in [3.8, 4) is 0 Å². The molecule has 1 amide bonds. The molecule has 0 aliphatic heterocycles. The lowest BCUT2D eigenvalue weighted by atomic mass is 10.1. The van der Waals surface area contributed by atoms with Gasteiger partial charge >= 0.3 is 0 Å². The number of nitrogens with one attached hydrogen (secondary N) is 1. The summed E-state index contributed by atoms with van der Waals surface area (Å²) < 4.78 is 0. The van der Waals surface area contributed by atoms with E-state index in [0.717, 1.165) is 5.56 Å². The van der Waals surface area contributed by atoms with Gasteiger partial charge in [0.25, 0.3) is 5.91 Å². The van der Waals surface area contributed by atoms with Crippen LogP contribution in [0.4, 0.5) is 0 Å². The van der Waals surface area contributed by atoms with Crippen LogP contribution in [0.3, 0.4) is 0 Å². The van der Waals surface area contributed by atoms with Crippen molar-refractivity contribution in [2.75, 3.05) is 6.61 Å². The van der Waals surface area contributed by atoms with Crippen LogP contribution in [-0.2, 0) is 6.42 Å². The molecule has 0 saturated heterocycles. The van der Waals surface area contributed by atoms with Crippen LogP contribution >= 0.6 is 11.6 Å². The number of nitrogens with zero attached hydrogens (tertiary/aromatic N) is 1. The summed E-state index contributed by atoms with van der Waals surface area (Å²) in [4.78, 5) is 15.9. The molecule has 1 aromatic heterocycles. The number of pyridine rings is 1. The Morgan fingerprint density at radius 2 is 2.00 bits per heavy atom. The maximum Gasteiger partial charge on any atom is 0.270 e. The van der Waals surface area contributed by atoms with Gasteiger partial charge in [0, 0.05) is 6.20 Å². The van der Waals surface area contributed by atoms with Gasteiger partial charge in [-0.15, -0.1) is 0 Å². The third-order valence-corrected chi connectivity index (χ3v) is 3.06. The van der Waals surface area contributed by atoms with Crippen molar-refractivity contribution in [2.45, 2.75) is 12.5 Å². The molecule has 2 N–H and O–H groups in total. The fourth-order valence-corrected chi connectivity index (χ4v) is 1.94. The van der Waals surface area contributed by atoms with Gasteiger partial charge in [0.2, 0.25) is 0 Å². The van der Waals surface area contributed by atoms with Gasteiger partial charge in [-0.3, -0.25) is 4.79 Å². The monoisotopic (exact) mass is 290 g/mol. The molecule has 5 heteroatoms. The zero-order valence-corrected chi connectivity index (χ0v) is 11.5. The van der Waals surface area contributed by atoms with E-state index < -0.39 is 0 Å². The van der Waals surface area contributed by atoms with Crippen molar-refractivity contribution >= 4 is 17.5 Å². The molecule has 0 radical (unpaired) electrons. The second-order valence-corrected chi connectivity index (χ2v) is 4.84. The highest BCUT2D eigenvalue weighted by Gasteiger charge is 2.14. The first kappa shape index (κ1) is 14.5. The molecule has 0 bridgehead atoms. The number of halogens is 1. The molecule has 1 atom stereocenters. The minimum Gasteiger partial charge on any atom is -0.394 e. The minimum absolute atomic E-state index is 0.131. The van der Waals surface area contributed by atoms with Crippen LogP contribution in [0.25, 0.3) is 0 Å². The highest BCUT2D eigenvalue weighted by molar-refractivity contribution is 6.30. The normalized spacial score (nSPS) is 11.9. The topological polar surface area (TPSA) is 62.2 Å². The van der Waals surface area contributed by atoms with Crippen molar-refractivity contribution in [3.05, 3.63) is 64.9 Å². The molecule has 2 aromatic rings. The number of aliphatic hydroxyl groups excluding tert-OH is 1. The Labute approximate surface area is 122 Å². The highest BCUT2D eigenvalue weighted by Crippen LogP contribution is 2.07. The molecule has 2 rings (SSSR count). The molecule has 0 fully saturated rings. The van der Waals surface area contributed by atoms with Gasteiger partial charge < -0.3 is 10.4 Å². The minimum atomic E-state index is -0.345. The zero-order chi connectivity index (χ0) is 14.4. The third kappa shape index (κ3) is 4.05. The summed E-state index contributed by atoms with van der Waals surface area (Å²) in [6, 6.07) is 12.5. The standard InChI is InChI=1S/C15H15ClN2O2/c16-12-6-7-14(17-9-12)15(20)18-13(10-19)8-11-4-2-1-3-5-11/h1-7,9,13,19H,8,10H2,(H,18,20)/t13-/m1/s1. The summed E-state index contributed by atoms with van der Waals surface area (Å²) >= 11 is 5.72. The van der Waals surface area contributed by atoms with Gasteiger partial charge in [-0.1, -0.05) is 41.9 Å². The quantitative estimate of drug-likeness (QED) is 0.886. The molecule has 1 aromatic carbocycles. The van der Waals surface area contributed by atoms with E-state index in [2.05, 4.69) is 10.3 Å². The van der Waals surface area contributed by atoms with Crippen molar-refractivity contribution in [1.82, 2.24) is 10.3 Å². The smallest absolute Gasteiger partial charge is 0.270 e. The molecule has 0 aliphatic rings. The number of aromatic nitrogens is 1. The molecule has 0 spiro atoms. The Kier molecular flexibility index (Phi) is 5.09. The number of amides is 1. The number of aliphatic hydroxyl groups is 1. The molecule has 1 heterocycles. The van der Waals surface area contributed by atoms with E-state index in [1.54, 1.807) is 12.1 Å². The summed E-state index contributed by atoms with van der Waals surface area (Å²) in [5.74, 6) is -0.323. The second kappa shape index (κ2) is 7.03. The number of carbonyl (C=O) groups excluding carboxylic acids is 1. The fourth-order valence-electron chi connectivity index (χ4n) is 1.83. The van der Waals surface area contributed by atoms with E-state index in [-0.39, 0.29) is 24.2 Å². The molecule has 104 valence electrons. The largest absolute Gasteiger partial charge is 0.394 e. The van der Waals surface area contributed by atoms with E-state index in [9.17, 15) is 9.90 Å². The predicted octanol–water partition coefficient (Wildman–Crippen LogP) is 2.07. The average Bonchev–Trinajstić information content (AvgIpc) is 2.48. The first-order valence-electron chi connectivity index (χ1n) is 6.26. The lowest BCUT2D eigenvalue weighted by Crippen LogP contribution is -2.39. The van der Waals surface area contributed by atoms with Crippen molar-refractivity contribution in [1.29, 1.82) is 0 Å². The van der Waals surface area contributed by atoms with E-state index in [0.29, 0.717) is 11.4 Å². The SMILES string of the molecule is O=C(N[C@@H](CO)Cc1ccccc1)c1ccc(Cl)cn1. The van der Waals surface area contributed by atoms with E-state index >= 15 is 0 Å². The van der Waals surface area contributed by atoms with Crippen LogP contribution in [0.5, 0.6) is 0 Å². The van der Waals surface area contributed by atoms with Crippen molar-refractivity contribution in [3.63, 3.8) is 0 Å². The molecular formula is C15H15ClN2O2. The summed E-state index contributed by atoms with van der Waals surface area (Å²) in [7, 11) is 0. The molecular weight excluding hydrogens is 276 g/mol. The zero-order valence-electron chi connectivity index (χ0n) is 10.8. The van der Waals surface area contributed by atoms with Crippen LogP contribution in [0.2, 0.25) is 5.02 Å². The molecule has 20 heavy (non-hydrogen) atoms. The summed E-state index contributed by atoms with van der Waals surface area (Å²) in [6.45, 7) is -0.131. The Morgan fingerprint density at radius 3 is 2.60 bits per heavy atom. The molecule has 0 saturated carbocycles. The average molecular weight is 291 g/mol. The maximum absolute atomic E-state index is 12.0. The number of hydrogen-bond donors (Lipinski definition) is 2. The Bertz CT molecular complexity index is 558. The number of benzene rings is 1. The Morgan fingerprint density at radius 1 is 1.25 bits per heavy atom. The lowest BCUT2D eigenvalue weighted by molar-refractivity contribution is 0.0911. The van der Waals surface area contributed by atoms with E-state index in [4.69, 9.17) is 11.6 Å². The van der Waals surface area contributed by atoms with Crippen LogP contribution in [0, 0.1) is 0 Å². The molecule has 0 unspecified atom stereocenters. The number of carbonyl (C=O) groups is 1. The van der Waals surface area contributed by atoms with Crippen LogP contribution in [-0.4, -0.2) is 28.6 Å². The lowest BCUT2D eigenvalue weighted by Gasteiger charge is -2.16.